The van der Waals surface area contributed by atoms with Crippen LogP contribution in [0.1, 0.15) is 58.8 Å². The average Bonchev–Trinajstić information content (AvgIpc) is 2.89. The van der Waals surface area contributed by atoms with Gasteiger partial charge >= 0.3 is 0 Å². The lowest BCUT2D eigenvalue weighted by atomic mass is 9.45. The summed E-state index contributed by atoms with van der Waals surface area (Å²) < 4.78 is 12.0. The molecule has 3 saturated carbocycles. The molecule has 1 heterocycles. The second kappa shape index (κ2) is 5.17. The Balaban J connectivity index is 1.54. The highest BCUT2D eigenvalue weighted by Gasteiger charge is 2.66. The summed E-state index contributed by atoms with van der Waals surface area (Å²) in [7, 11) is 0. The summed E-state index contributed by atoms with van der Waals surface area (Å²) in [6.07, 6.45) is 8.48. The van der Waals surface area contributed by atoms with Gasteiger partial charge in [0.1, 0.15) is 5.78 Å². The zero-order chi connectivity index (χ0) is 17.4. The maximum absolute atomic E-state index is 12.5. The molecule has 138 valence electrons. The Hall–Kier alpha value is -0.710. The molecule has 0 aromatic carbocycles. The quantitative estimate of drug-likeness (QED) is 0.685. The fourth-order valence-corrected chi connectivity index (χ4v) is 7.08. The van der Waals surface area contributed by atoms with Gasteiger partial charge < -0.3 is 14.6 Å². The van der Waals surface area contributed by atoms with Gasteiger partial charge in [-0.05, 0) is 50.4 Å². The van der Waals surface area contributed by atoms with Gasteiger partial charge in [0, 0.05) is 17.3 Å². The van der Waals surface area contributed by atoms with E-state index in [-0.39, 0.29) is 29.0 Å². The van der Waals surface area contributed by atoms with E-state index in [9.17, 15) is 9.90 Å². The third kappa shape index (κ3) is 1.97. The van der Waals surface area contributed by atoms with E-state index in [2.05, 4.69) is 19.9 Å². The molecule has 5 rings (SSSR count). The van der Waals surface area contributed by atoms with Gasteiger partial charge in [0.05, 0.1) is 31.0 Å². The highest BCUT2D eigenvalue weighted by Crippen LogP contribution is 2.66. The number of ketones is 1. The van der Waals surface area contributed by atoms with Crippen molar-refractivity contribution in [3.63, 3.8) is 0 Å². The molecule has 0 aromatic rings. The van der Waals surface area contributed by atoms with E-state index in [0.29, 0.717) is 31.3 Å². The van der Waals surface area contributed by atoms with Crippen LogP contribution in [0.2, 0.25) is 0 Å². The summed E-state index contributed by atoms with van der Waals surface area (Å²) in [5.41, 5.74) is 0.203. The van der Waals surface area contributed by atoms with Crippen LogP contribution in [0.15, 0.2) is 11.6 Å². The zero-order valence-electron chi connectivity index (χ0n) is 15.4. The molecular weight excluding hydrogens is 316 g/mol. The topological polar surface area (TPSA) is 55.8 Å². The zero-order valence-corrected chi connectivity index (χ0v) is 15.4. The predicted octanol–water partition coefficient (Wildman–Crippen LogP) is 3.03. The van der Waals surface area contributed by atoms with Crippen molar-refractivity contribution in [3.8, 4) is 0 Å². The molecule has 4 fully saturated rings. The lowest BCUT2D eigenvalue weighted by molar-refractivity contribution is -0.218. The van der Waals surface area contributed by atoms with Crippen molar-refractivity contribution in [1.82, 2.24) is 0 Å². The Morgan fingerprint density at radius 2 is 1.88 bits per heavy atom. The van der Waals surface area contributed by atoms with Crippen molar-refractivity contribution in [3.05, 3.63) is 11.6 Å². The first-order valence-corrected chi connectivity index (χ1v) is 10.1. The molecule has 0 bridgehead atoms. The Morgan fingerprint density at radius 3 is 2.68 bits per heavy atom. The van der Waals surface area contributed by atoms with Crippen molar-refractivity contribution in [2.45, 2.75) is 76.6 Å². The molecule has 25 heavy (non-hydrogen) atoms. The van der Waals surface area contributed by atoms with Gasteiger partial charge in [-0.1, -0.05) is 25.5 Å². The largest absolute Gasteiger partial charge is 0.389 e. The molecule has 4 heteroatoms. The second-order valence-corrected chi connectivity index (χ2v) is 9.54. The SMILES string of the molecule is C[C@]12CC3OCCOC3CC1=CC[C@H]1[C@@H]3CCC(=O)[C@@]3(C)CC[C@@]12O. The molecule has 0 aromatic heterocycles. The number of carbonyl (C=O) groups is 1. The smallest absolute Gasteiger partial charge is 0.139 e. The Morgan fingerprint density at radius 1 is 1.12 bits per heavy atom. The number of allylic oxidation sites excluding steroid dienone is 1. The van der Waals surface area contributed by atoms with Crippen LogP contribution in [0.5, 0.6) is 0 Å². The monoisotopic (exact) mass is 346 g/mol. The Labute approximate surface area is 150 Å². The summed E-state index contributed by atoms with van der Waals surface area (Å²) in [6, 6.07) is 0. The van der Waals surface area contributed by atoms with Crippen LogP contribution < -0.4 is 0 Å². The molecule has 5 aliphatic rings. The first-order chi connectivity index (χ1) is 11.9. The molecule has 2 unspecified atom stereocenters. The maximum atomic E-state index is 12.5. The average molecular weight is 346 g/mol. The Kier molecular flexibility index (Phi) is 3.41. The Bertz CT molecular complexity index is 642. The summed E-state index contributed by atoms with van der Waals surface area (Å²) in [5, 5.41) is 12.0. The highest BCUT2D eigenvalue weighted by atomic mass is 16.6. The molecule has 4 nitrogen and oxygen atoms in total. The molecule has 1 aliphatic heterocycles. The van der Waals surface area contributed by atoms with Gasteiger partial charge in [-0.25, -0.2) is 0 Å². The van der Waals surface area contributed by atoms with E-state index < -0.39 is 5.60 Å². The van der Waals surface area contributed by atoms with Gasteiger partial charge in [-0.2, -0.15) is 0 Å². The van der Waals surface area contributed by atoms with Gasteiger partial charge in [0.25, 0.3) is 0 Å². The predicted molar refractivity (Wildman–Crippen MR) is 93.0 cm³/mol. The van der Waals surface area contributed by atoms with Crippen LogP contribution in [0.3, 0.4) is 0 Å². The lowest BCUT2D eigenvalue weighted by Gasteiger charge is -2.63. The normalized spacial score (nSPS) is 54.8. The number of hydrogen-bond acceptors (Lipinski definition) is 4. The summed E-state index contributed by atoms with van der Waals surface area (Å²) in [6.45, 7) is 5.75. The second-order valence-electron chi connectivity index (χ2n) is 9.54. The summed E-state index contributed by atoms with van der Waals surface area (Å²) in [5.74, 6) is 0.953. The number of ether oxygens (including phenoxy) is 2. The van der Waals surface area contributed by atoms with Gasteiger partial charge in [-0.15, -0.1) is 0 Å². The minimum Gasteiger partial charge on any atom is -0.389 e. The summed E-state index contributed by atoms with van der Waals surface area (Å²) in [4.78, 5) is 12.5. The fraction of sp³-hybridized carbons (Fsp3) is 0.857. The first kappa shape index (κ1) is 16.5. The van der Waals surface area contributed by atoms with Crippen LogP contribution in [0, 0.1) is 22.7 Å². The minimum absolute atomic E-state index is 0.0946. The maximum Gasteiger partial charge on any atom is 0.139 e. The number of Topliss-reactive ketones (excluding diaryl/α,β-unsaturated/α-hetero) is 1. The van der Waals surface area contributed by atoms with E-state index in [0.717, 1.165) is 38.5 Å². The summed E-state index contributed by atoms with van der Waals surface area (Å²) >= 11 is 0. The third-order valence-electron chi connectivity index (χ3n) is 8.74. The molecule has 7 atom stereocenters. The third-order valence-corrected chi connectivity index (χ3v) is 8.74. The van der Waals surface area contributed by atoms with Gasteiger partial charge in [0.2, 0.25) is 0 Å². The van der Waals surface area contributed by atoms with Crippen molar-refractivity contribution < 1.29 is 19.4 Å². The molecule has 1 N–H and O–H groups in total. The number of hydrogen-bond donors (Lipinski definition) is 1. The lowest BCUT2D eigenvalue weighted by Crippen LogP contribution is -2.65. The fourth-order valence-electron chi connectivity index (χ4n) is 7.08. The number of fused-ring (bicyclic) bond motifs is 6. The van der Waals surface area contributed by atoms with Crippen LogP contribution in [0.25, 0.3) is 0 Å². The van der Waals surface area contributed by atoms with Crippen LogP contribution in [-0.4, -0.2) is 41.9 Å². The van der Waals surface area contributed by atoms with E-state index in [1.165, 1.54) is 5.57 Å². The van der Waals surface area contributed by atoms with Crippen molar-refractivity contribution in [2.24, 2.45) is 22.7 Å². The van der Waals surface area contributed by atoms with Crippen LogP contribution in [0.4, 0.5) is 0 Å². The molecule has 0 spiro atoms. The molecule has 1 saturated heterocycles. The van der Waals surface area contributed by atoms with Crippen molar-refractivity contribution in [2.75, 3.05) is 13.2 Å². The molecule has 4 aliphatic carbocycles. The standard InChI is InChI=1S/C21H30O4/c1-19-7-8-21(23)15(14(19)5-6-18(19)22)4-3-13-11-16-17(12-20(13,21)2)25-10-9-24-16/h3,14-17,23H,4-12H2,1-2H3/t14-,15-,16?,17?,19-,20-,21+/m0/s1. The number of aliphatic hydroxyl groups is 1. The minimum atomic E-state index is -0.711. The first-order valence-electron chi connectivity index (χ1n) is 10.1. The van der Waals surface area contributed by atoms with Crippen LogP contribution >= 0.6 is 0 Å². The van der Waals surface area contributed by atoms with Crippen molar-refractivity contribution in [1.29, 1.82) is 0 Å². The van der Waals surface area contributed by atoms with E-state index in [1.54, 1.807) is 0 Å². The van der Waals surface area contributed by atoms with E-state index in [1.807, 2.05) is 0 Å². The number of rotatable bonds is 0. The van der Waals surface area contributed by atoms with Crippen molar-refractivity contribution >= 4 is 5.78 Å². The van der Waals surface area contributed by atoms with Gasteiger partial charge in [0.15, 0.2) is 0 Å². The van der Waals surface area contributed by atoms with E-state index >= 15 is 0 Å². The number of carbonyl (C=O) groups excluding carboxylic acids is 1. The molecular formula is C21H30O4. The van der Waals surface area contributed by atoms with Crippen LogP contribution in [-0.2, 0) is 14.3 Å². The van der Waals surface area contributed by atoms with E-state index in [4.69, 9.17) is 9.47 Å². The molecule has 0 amide bonds. The van der Waals surface area contributed by atoms with Gasteiger partial charge in [-0.3, -0.25) is 4.79 Å². The molecule has 0 radical (unpaired) electrons. The highest BCUT2D eigenvalue weighted by molar-refractivity contribution is 5.87.